The molecule has 100 valence electrons. The summed E-state index contributed by atoms with van der Waals surface area (Å²) in [5.41, 5.74) is 1.49. The highest BCUT2D eigenvalue weighted by atomic mass is 79.9. The largest absolute Gasteiger partial charge is 0.302 e. The Labute approximate surface area is 125 Å². The minimum absolute atomic E-state index is 0.0253. The van der Waals surface area contributed by atoms with Crippen LogP contribution in [0.2, 0.25) is 0 Å². The molecule has 0 atom stereocenters. The summed E-state index contributed by atoms with van der Waals surface area (Å²) in [5.74, 6) is -0.0253. The third kappa shape index (κ3) is 3.64. The zero-order valence-corrected chi connectivity index (χ0v) is 13.4. The van der Waals surface area contributed by atoms with Gasteiger partial charge in [0.1, 0.15) is 0 Å². The van der Waals surface area contributed by atoms with Gasteiger partial charge >= 0.3 is 0 Å². The van der Waals surface area contributed by atoms with Crippen LogP contribution in [0.4, 0.5) is 5.13 Å². The van der Waals surface area contributed by atoms with Crippen LogP contribution in [0.1, 0.15) is 20.8 Å². The topological polar surface area (TPSA) is 42.0 Å². The van der Waals surface area contributed by atoms with Crippen LogP contribution in [0.5, 0.6) is 0 Å². The van der Waals surface area contributed by atoms with Gasteiger partial charge in [-0.15, -0.1) is 11.3 Å². The quantitative estimate of drug-likeness (QED) is 0.872. The smallest absolute Gasteiger partial charge is 0.231 e. The number of carbonyl (C=O) groups is 1. The van der Waals surface area contributed by atoms with Gasteiger partial charge in [-0.25, -0.2) is 4.98 Å². The highest BCUT2D eigenvalue weighted by Crippen LogP contribution is 2.27. The molecular weight excluding hydrogens is 324 g/mol. The van der Waals surface area contributed by atoms with Crippen LogP contribution in [0, 0.1) is 5.41 Å². The molecule has 2 aromatic rings. The van der Waals surface area contributed by atoms with Gasteiger partial charge in [0, 0.05) is 20.8 Å². The molecule has 0 aliphatic carbocycles. The predicted octanol–water partition coefficient (Wildman–Crippen LogP) is 4.56. The number of amides is 1. The van der Waals surface area contributed by atoms with E-state index in [2.05, 4.69) is 26.2 Å². The normalized spacial score (nSPS) is 11.4. The first-order valence-corrected chi connectivity index (χ1v) is 7.56. The Kier molecular flexibility index (Phi) is 4.06. The van der Waals surface area contributed by atoms with E-state index in [0.717, 1.165) is 15.7 Å². The molecule has 0 aliphatic rings. The molecule has 1 amide bonds. The van der Waals surface area contributed by atoms with E-state index in [-0.39, 0.29) is 5.91 Å². The first-order valence-electron chi connectivity index (χ1n) is 5.89. The van der Waals surface area contributed by atoms with Gasteiger partial charge in [0.15, 0.2) is 5.13 Å². The van der Waals surface area contributed by atoms with Gasteiger partial charge in [0.2, 0.25) is 5.91 Å². The molecule has 0 aliphatic heterocycles. The van der Waals surface area contributed by atoms with Crippen molar-refractivity contribution in [3.05, 3.63) is 34.1 Å². The Balaban J connectivity index is 2.18. The summed E-state index contributed by atoms with van der Waals surface area (Å²) in [6.07, 6.45) is 0. The number of benzene rings is 1. The summed E-state index contributed by atoms with van der Waals surface area (Å²) in [5, 5.41) is 5.42. The second-order valence-electron chi connectivity index (χ2n) is 5.25. The molecule has 5 heteroatoms. The number of aromatic nitrogens is 1. The Morgan fingerprint density at radius 1 is 1.37 bits per heavy atom. The molecule has 0 fully saturated rings. The Hall–Kier alpha value is -1.20. The van der Waals surface area contributed by atoms with E-state index in [1.54, 1.807) is 0 Å². The molecule has 0 bridgehead atoms. The van der Waals surface area contributed by atoms with Crippen molar-refractivity contribution < 1.29 is 4.79 Å². The fourth-order valence-electron chi connectivity index (χ4n) is 1.40. The van der Waals surface area contributed by atoms with Crippen LogP contribution >= 0.6 is 27.3 Å². The van der Waals surface area contributed by atoms with Crippen molar-refractivity contribution in [3.8, 4) is 11.3 Å². The SMILES string of the molecule is CC(C)(C)C(=O)Nc1nc(-c2cccc(Br)c2)cs1. The zero-order valence-electron chi connectivity index (χ0n) is 11.0. The first-order chi connectivity index (χ1) is 8.86. The van der Waals surface area contributed by atoms with Crippen LogP contribution in [0.15, 0.2) is 34.1 Å². The van der Waals surface area contributed by atoms with Crippen LogP contribution in [0.25, 0.3) is 11.3 Å². The molecular formula is C14H15BrN2OS. The fraction of sp³-hybridized carbons (Fsp3) is 0.286. The van der Waals surface area contributed by atoms with E-state index in [0.29, 0.717) is 5.13 Å². The van der Waals surface area contributed by atoms with E-state index < -0.39 is 5.41 Å². The van der Waals surface area contributed by atoms with Gasteiger partial charge in [-0.3, -0.25) is 4.79 Å². The van der Waals surface area contributed by atoms with Crippen LogP contribution < -0.4 is 5.32 Å². The number of carbonyl (C=O) groups excluding carboxylic acids is 1. The maximum Gasteiger partial charge on any atom is 0.231 e. The monoisotopic (exact) mass is 338 g/mol. The average molecular weight is 339 g/mol. The number of anilines is 1. The van der Waals surface area contributed by atoms with Gasteiger partial charge < -0.3 is 5.32 Å². The average Bonchev–Trinajstić information content (AvgIpc) is 2.76. The van der Waals surface area contributed by atoms with E-state index in [4.69, 9.17) is 0 Å². The van der Waals surface area contributed by atoms with Gasteiger partial charge in [-0.2, -0.15) is 0 Å². The molecule has 0 saturated heterocycles. The van der Waals surface area contributed by atoms with E-state index in [1.807, 2.05) is 50.4 Å². The van der Waals surface area contributed by atoms with Crippen molar-refractivity contribution in [2.75, 3.05) is 5.32 Å². The zero-order chi connectivity index (χ0) is 14.0. The number of thiazole rings is 1. The van der Waals surface area contributed by atoms with Crippen LogP contribution in [-0.4, -0.2) is 10.9 Å². The minimum atomic E-state index is -0.415. The Morgan fingerprint density at radius 3 is 2.74 bits per heavy atom. The number of nitrogens with one attached hydrogen (secondary N) is 1. The summed E-state index contributed by atoms with van der Waals surface area (Å²) in [7, 11) is 0. The molecule has 19 heavy (non-hydrogen) atoms. The van der Waals surface area contributed by atoms with Crippen molar-refractivity contribution in [3.63, 3.8) is 0 Å². The lowest BCUT2D eigenvalue weighted by Gasteiger charge is -2.15. The van der Waals surface area contributed by atoms with Crippen molar-refractivity contribution in [1.29, 1.82) is 0 Å². The molecule has 0 spiro atoms. The predicted molar refractivity (Wildman–Crippen MR) is 83.3 cm³/mol. The standard InChI is InChI=1S/C14H15BrN2OS/c1-14(2,3)12(18)17-13-16-11(8-19-13)9-5-4-6-10(15)7-9/h4-8H,1-3H3,(H,16,17,18). The molecule has 2 rings (SSSR count). The van der Waals surface area contributed by atoms with E-state index >= 15 is 0 Å². The molecule has 1 heterocycles. The number of halogens is 1. The Morgan fingerprint density at radius 2 is 2.11 bits per heavy atom. The Bertz CT molecular complexity index is 601. The highest BCUT2D eigenvalue weighted by Gasteiger charge is 2.22. The minimum Gasteiger partial charge on any atom is -0.302 e. The maximum absolute atomic E-state index is 11.9. The van der Waals surface area contributed by atoms with Crippen LogP contribution in [-0.2, 0) is 4.79 Å². The highest BCUT2D eigenvalue weighted by molar-refractivity contribution is 9.10. The second-order valence-corrected chi connectivity index (χ2v) is 7.03. The van der Waals surface area contributed by atoms with Crippen molar-refractivity contribution >= 4 is 38.3 Å². The molecule has 3 nitrogen and oxygen atoms in total. The number of rotatable bonds is 2. The number of hydrogen-bond acceptors (Lipinski definition) is 3. The van der Waals surface area contributed by atoms with Gasteiger partial charge in [-0.05, 0) is 12.1 Å². The summed E-state index contributed by atoms with van der Waals surface area (Å²) in [6.45, 7) is 5.64. The molecule has 0 saturated carbocycles. The van der Waals surface area contributed by atoms with Crippen molar-refractivity contribution in [2.45, 2.75) is 20.8 Å². The van der Waals surface area contributed by atoms with Crippen LogP contribution in [0.3, 0.4) is 0 Å². The lowest BCUT2D eigenvalue weighted by molar-refractivity contribution is -0.123. The van der Waals surface area contributed by atoms with E-state index in [1.165, 1.54) is 11.3 Å². The third-order valence-corrected chi connectivity index (χ3v) is 3.78. The maximum atomic E-state index is 11.9. The summed E-state index contributed by atoms with van der Waals surface area (Å²) in [4.78, 5) is 16.3. The molecule has 0 radical (unpaired) electrons. The summed E-state index contributed by atoms with van der Waals surface area (Å²) >= 11 is 4.87. The van der Waals surface area contributed by atoms with Gasteiger partial charge in [-0.1, -0.05) is 48.8 Å². The molecule has 1 aromatic carbocycles. The van der Waals surface area contributed by atoms with Crippen molar-refractivity contribution in [2.24, 2.45) is 5.41 Å². The molecule has 1 N–H and O–H groups in total. The van der Waals surface area contributed by atoms with Crippen molar-refractivity contribution in [1.82, 2.24) is 4.98 Å². The fourth-order valence-corrected chi connectivity index (χ4v) is 2.51. The van der Waals surface area contributed by atoms with Gasteiger partial charge in [0.25, 0.3) is 0 Å². The van der Waals surface area contributed by atoms with Gasteiger partial charge in [0.05, 0.1) is 5.69 Å². The number of nitrogens with zero attached hydrogens (tertiary/aromatic N) is 1. The first kappa shape index (κ1) is 14.2. The summed E-state index contributed by atoms with van der Waals surface area (Å²) < 4.78 is 1.01. The third-order valence-electron chi connectivity index (χ3n) is 2.53. The molecule has 0 unspecified atom stereocenters. The molecule has 1 aromatic heterocycles. The van der Waals surface area contributed by atoms with E-state index in [9.17, 15) is 4.79 Å². The lowest BCUT2D eigenvalue weighted by Crippen LogP contribution is -2.27. The lowest BCUT2D eigenvalue weighted by atomic mass is 9.96. The number of hydrogen-bond donors (Lipinski definition) is 1. The summed E-state index contributed by atoms with van der Waals surface area (Å²) in [6, 6.07) is 7.93. The second kappa shape index (κ2) is 5.43.